The van der Waals surface area contributed by atoms with Gasteiger partial charge in [-0.2, -0.15) is 5.10 Å². The van der Waals surface area contributed by atoms with Crippen molar-refractivity contribution in [3.05, 3.63) is 58.8 Å². The minimum absolute atomic E-state index is 0.115. The maximum atomic E-state index is 15.7. The van der Waals surface area contributed by atoms with Gasteiger partial charge in [-0.3, -0.25) is 18.4 Å². The standard InChI is InChI=1S/C30H36FN7O2/c1-29(2,3)27-33-22-14-20(18-16-32-34(5)17-18)21(31)15-23(22)38(27)19-12-24-26(36(7)28(39)35(24)6)25(13-19)37-10-8-30(4,40)9-11-37/h12-17,40H,8-11H2,1-7H3. The number of hydrogen-bond donors (Lipinski definition) is 1. The third kappa shape index (κ3) is 4.13. The molecule has 0 amide bonds. The van der Waals surface area contributed by atoms with Crippen LogP contribution in [0.2, 0.25) is 0 Å². The fourth-order valence-electron chi connectivity index (χ4n) is 5.86. The Morgan fingerprint density at radius 1 is 1.00 bits per heavy atom. The van der Waals surface area contributed by atoms with E-state index in [1.165, 1.54) is 0 Å². The van der Waals surface area contributed by atoms with E-state index in [2.05, 4.69) is 36.8 Å². The molecule has 1 aliphatic rings. The number of imidazole rings is 2. The highest BCUT2D eigenvalue weighted by molar-refractivity contribution is 5.93. The maximum Gasteiger partial charge on any atom is 0.328 e. The molecule has 40 heavy (non-hydrogen) atoms. The second kappa shape index (κ2) is 8.79. The molecular weight excluding hydrogens is 509 g/mol. The first kappa shape index (κ1) is 26.3. The lowest BCUT2D eigenvalue weighted by molar-refractivity contribution is 0.0352. The second-order valence-electron chi connectivity index (χ2n) is 12.5. The summed E-state index contributed by atoms with van der Waals surface area (Å²) in [5.74, 6) is 0.437. The van der Waals surface area contributed by atoms with Crippen molar-refractivity contribution in [3.8, 4) is 16.8 Å². The van der Waals surface area contributed by atoms with Gasteiger partial charge in [0, 0.05) is 63.0 Å². The minimum atomic E-state index is -0.709. The zero-order valence-electron chi connectivity index (χ0n) is 24.2. The molecule has 1 N–H and O–H groups in total. The van der Waals surface area contributed by atoms with Gasteiger partial charge in [0.2, 0.25) is 0 Å². The van der Waals surface area contributed by atoms with E-state index in [1.807, 2.05) is 17.6 Å². The van der Waals surface area contributed by atoms with Crippen molar-refractivity contribution in [2.75, 3.05) is 18.0 Å². The number of anilines is 1. The molecule has 1 fully saturated rings. The van der Waals surface area contributed by atoms with E-state index in [0.717, 1.165) is 28.2 Å². The first-order chi connectivity index (χ1) is 18.7. The fraction of sp³-hybridized carbons (Fsp3) is 0.433. The molecule has 0 spiro atoms. The molecule has 1 aliphatic heterocycles. The normalized spacial score (nSPS) is 16.0. The molecule has 6 rings (SSSR count). The molecule has 1 saturated heterocycles. The smallest absolute Gasteiger partial charge is 0.328 e. The van der Waals surface area contributed by atoms with Gasteiger partial charge in [0.1, 0.15) is 11.6 Å². The third-order valence-corrected chi connectivity index (χ3v) is 8.19. The van der Waals surface area contributed by atoms with Gasteiger partial charge in [0.05, 0.1) is 45.2 Å². The molecule has 0 atom stereocenters. The number of aliphatic hydroxyl groups is 1. The van der Waals surface area contributed by atoms with Gasteiger partial charge in [-0.05, 0) is 38.0 Å². The van der Waals surface area contributed by atoms with Crippen molar-refractivity contribution < 1.29 is 9.50 Å². The van der Waals surface area contributed by atoms with Crippen LogP contribution in [0.1, 0.15) is 46.4 Å². The van der Waals surface area contributed by atoms with Crippen LogP contribution in [0.25, 0.3) is 38.9 Å². The van der Waals surface area contributed by atoms with Crippen LogP contribution < -0.4 is 10.6 Å². The summed E-state index contributed by atoms with van der Waals surface area (Å²) >= 11 is 0. The summed E-state index contributed by atoms with van der Waals surface area (Å²) in [6.07, 6.45) is 4.70. The molecule has 9 nitrogen and oxygen atoms in total. The van der Waals surface area contributed by atoms with Gasteiger partial charge < -0.3 is 10.0 Å². The van der Waals surface area contributed by atoms with E-state index in [4.69, 9.17) is 4.98 Å². The number of piperidine rings is 1. The van der Waals surface area contributed by atoms with Crippen molar-refractivity contribution in [3.63, 3.8) is 0 Å². The SMILES string of the molecule is Cn1cc(-c2cc3nc(C(C)(C)C)n(-c4cc(N5CCC(C)(O)CC5)c5c(c4)n(C)c(=O)n5C)c3cc2F)cn1. The Morgan fingerprint density at radius 3 is 2.33 bits per heavy atom. The number of aromatic nitrogens is 6. The highest BCUT2D eigenvalue weighted by Gasteiger charge is 2.31. The Kier molecular flexibility index (Phi) is 5.78. The van der Waals surface area contributed by atoms with Gasteiger partial charge in [-0.25, -0.2) is 14.2 Å². The average molecular weight is 546 g/mol. The lowest BCUT2D eigenvalue weighted by Gasteiger charge is -2.37. The average Bonchev–Trinajstić information content (AvgIpc) is 3.54. The van der Waals surface area contributed by atoms with E-state index in [9.17, 15) is 9.90 Å². The highest BCUT2D eigenvalue weighted by Crippen LogP contribution is 2.38. The van der Waals surface area contributed by atoms with Crippen molar-refractivity contribution in [1.82, 2.24) is 28.5 Å². The molecule has 210 valence electrons. The van der Waals surface area contributed by atoms with Crippen molar-refractivity contribution in [1.29, 1.82) is 0 Å². The zero-order chi connectivity index (χ0) is 28.7. The number of hydrogen-bond acceptors (Lipinski definition) is 5. The Morgan fingerprint density at radius 2 is 1.70 bits per heavy atom. The molecule has 10 heteroatoms. The van der Waals surface area contributed by atoms with Gasteiger partial charge in [0.15, 0.2) is 0 Å². The molecule has 5 aromatic rings. The summed E-state index contributed by atoms with van der Waals surface area (Å²) in [6.45, 7) is 9.47. The molecule has 3 aromatic heterocycles. The lowest BCUT2D eigenvalue weighted by Crippen LogP contribution is -2.42. The molecular formula is C30H36FN7O2. The molecule has 0 radical (unpaired) electrons. The van der Waals surface area contributed by atoms with Crippen LogP contribution in [0.15, 0.2) is 41.5 Å². The number of fused-ring (bicyclic) bond motifs is 2. The van der Waals surface area contributed by atoms with Crippen LogP contribution in [0.3, 0.4) is 0 Å². The number of nitrogens with zero attached hydrogens (tertiary/aromatic N) is 7. The summed E-state index contributed by atoms with van der Waals surface area (Å²) in [7, 11) is 5.37. The lowest BCUT2D eigenvalue weighted by atomic mass is 9.93. The van der Waals surface area contributed by atoms with E-state index in [-0.39, 0.29) is 16.9 Å². The number of rotatable bonds is 3. The summed E-state index contributed by atoms with van der Waals surface area (Å²) in [6, 6.07) is 7.40. The molecule has 0 bridgehead atoms. The van der Waals surface area contributed by atoms with Gasteiger partial charge in [-0.1, -0.05) is 20.8 Å². The quantitative estimate of drug-likeness (QED) is 0.363. The fourth-order valence-corrected chi connectivity index (χ4v) is 5.86. The van der Waals surface area contributed by atoms with Crippen LogP contribution in [-0.2, 0) is 26.6 Å². The van der Waals surface area contributed by atoms with Crippen molar-refractivity contribution in [2.45, 2.75) is 51.6 Å². The minimum Gasteiger partial charge on any atom is -0.390 e. The molecule has 0 saturated carbocycles. The van der Waals surface area contributed by atoms with Crippen LogP contribution >= 0.6 is 0 Å². The van der Waals surface area contributed by atoms with E-state index < -0.39 is 5.60 Å². The Hall–Kier alpha value is -3.92. The largest absolute Gasteiger partial charge is 0.390 e. The molecule has 0 aliphatic carbocycles. The zero-order valence-corrected chi connectivity index (χ0v) is 24.2. The molecule has 0 unspecified atom stereocenters. The van der Waals surface area contributed by atoms with Gasteiger partial charge >= 0.3 is 5.69 Å². The van der Waals surface area contributed by atoms with Crippen molar-refractivity contribution >= 4 is 27.8 Å². The Bertz CT molecular complexity index is 1840. The number of halogens is 1. The summed E-state index contributed by atoms with van der Waals surface area (Å²) in [4.78, 5) is 20.3. The predicted molar refractivity (Wildman–Crippen MR) is 156 cm³/mol. The first-order valence-corrected chi connectivity index (χ1v) is 13.6. The first-order valence-electron chi connectivity index (χ1n) is 13.6. The third-order valence-electron chi connectivity index (χ3n) is 8.19. The van der Waals surface area contributed by atoms with Crippen LogP contribution in [0, 0.1) is 5.82 Å². The monoisotopic (exact) mass is 545 g/mol. The van der Waals surface area contributed by atoms with E-state index >= 15 is 4.39 Å². The number of aryl methyl sites for hydroxylation is 3. The topological polar surface area (TPSA) is 86.0 Å². The summed E-state index contributed by atoms with van der Waals surface area (Å²) in [5, 5.41) is 14.8. The second-order valence-corrected chi connectivity index (χ2v) is 12.5. The Balaban J connectivity index is 1.63. The van der Waals surface area contributed by atoms with Gasteiger partial charge in [0.25, 0.3) is 0 Å². The highest BCUT2D eigenvalue weighted by atomic mass is 19.1. The van der Waals surface area contributed by atoms with Crippen LogP contribution in [-0.4, -0.2) is 52.3 Å². The van der Waals surface area contributed by atoms with Gasteiger partial charge in [-0.15, -0.1) is 0 Å². The maximum absolute atomic E-state index is 15.7. The van der Waals surface area contributed by atoms with Crippen LogP contribution in [0.5, 0.6) is 0 Å². The summed E-state index contributed by atoms with van der Waals surface area (Å²) < 4.78 is 22.7. The van der Waals surface area contributed by atoms with Crippen molar-refractivity contribution in [2.24, 2.45) is 21.1 Å². The molecule has 4 heterocycles. The van der Waals surface area contributed by atoms with E-state index in [1.54, 1.807) is 59.5 Å². The van der Waals surface area contributed by atoms with E-state index in [0.29, 0.717) is 48.1 Å². The number of benzene rings is 2. The Labute approximate surface area is 232 Å². The summed E-state index contributed by atoms with van der Waals surface area (Å²) in [5.41, 5.74) is 4.65. The van der Waals surface area contributed by atoms with Crippen LogP contribution in [0.4, 0.5) is 10.1 Å². The predicted octanol–water partition coefficient (Wildman–Crippen LogP) is 4.40. The molecule has 2 aromatic carbocycles.